The van der Waals surface area contributed by atoms with E-state index < -0.39 is 0 Å². The first-order chi connectivity index (χ1) is 8.20. The summed E-state index contributed by atoms with van der Waals surface area (Å²) in [6.07, 6.45) is 0. The molecule has 0 aliphatic carbocycles. The Labute approximate surface area is 99.9 Å². The summed E-state index contributed by atoms with van der Waals surface area (Å²) < 4.78 is 15.5. The monoisotopic (exact) mass is 237 g/mol. The van der Waals surface area contributed by atoms with Crippen LogP contribution in [0.25, 0.3) is 0 Å². The summed E-state index contributed by atoms with van der Waals surface area (Å²) in [6, 6.07) is 5.59. The molecule has 1 aliphatic heterocycles. The zero-order chi connectivity index (χ0) is 12.3. The highest BCUT2D eigenvalue weighted by atomic mass is 16.6. The maximum Gasteiger partial charge on any atom is 0.325 e. The fraction of sp³-hybridized carbons (Fsp3) is 0.417. The van der Waals surface area contributed by atoms with Crippen molar-refractivity contribution in [3.8, 4) is 11.5 Å². The van der Waals surface area contributed by atoms with E-state index >= 15 is 0 Å². The Morgan fingerprint density at radius 3 is 2.76 bits per heavy atom. The molecule has 1 heterocycles. The van der Waals surface area contributed by atoms with Crippen LogP contribution in [0.3, 0.4) is 0 Å². The molecule has 1 aliphatic rings. The molecule has 0 saturated heterocycles. The number of carbonyl (C=O) groups is 1. The number of hydrogen-bond donors (Lipinski definition) is 0. The molecule has 0 radical (unpaired) electrons. The number of benzene rings is 1. The maximum atomic E-state index is 11.2. The average molecular weight is 237 g/mol. The molecule has 1 aromatic carbocycles. The molecule has 5 nitrogen and oxygen atoms in total. The van der Waals surface area contributed by atoms with Crippen molar-refractivity contribution in [1.82, 2.24) is 0 Å². The van der Waals surface area contributed by atoms with Crippen LogP contribution in [0.15, 0.2) is 18.2 Å². The van der Waals surface area contributed by atoms with Gasteiger partial charge in [-0.15, -0.1) is 0 Å². The molecule has 0 spiro atoms. The van der Waals surface area contributed by atoms with Crippen LogP contribution in [0.5, 0.6) is 11.5 Å². The lowest BCUT2D eigenvalue weighted by molar-refractivity contribution is -0.138. The fourth-order valence-corrected chi connectivity index (χ4v) is 1.62. The third kappa shape index (κ3) is 2.61. The van der Waals surface area contributed by atoms with Crippen molar-refractivity contribution in [2.75, 3.05) is 38.8 Å². The van der Waals surface area contributed by atoms with Crippen LogP contribution in [0, 0.1) is 0 Å². The number of rotatable bonds is 3. The highest BCUT2D eigenvalue weighted by Gasteiger charge is 2.14. The van der Waals surface area contributed by atoms with Crippen LogP contribution in [0.4, 0.5) is 5.69 Å². The molecule has 0 aromatic heterocycles. The summed E-state index contributed by atoms with van der Waals surface area (Å²) in [5.41, 5.74) is 0.889. The number of ether oxygens (including phenoxy) is 3. The molecule has 17 heavy (non-hydrogen) atoms. The van der Waals surface area contributed by atoms with E-state index in [0.717, 1.165) is 11.4 Å². The van der Waals surface area contributed by atoms with Crippen LogP contribution >= 0.6 is 0 Å². The third-order valence-electron chi connectivity index (χ3n) is 2.56. The van der Waals surface area contributed by atoms with Gasteiger partial charge in [0.2, 0.25) is 0 Å². The largest absolute Gasteiger partial charge is 0.486 e. The number of anilines is 1. The summed E-state index contributed by atoms with van der Waals surface area (Å²) >= 11 is 0. The molecule has 0 atom stereocenters. The summed E-state index contributed by atoms with van der Waals surface area (Å²) in [6.45, 7) is 1.33. The van der Waals surface area contributed by atoms with Gasteiger partial charge in [-0.25, -0.2) is 0 Å². The number of esters is 1. The second-order valence-corrected chi connectivity index (χ2v) is 3.76. The minimum atomic E-state index is -0.276. The van der Waals surface area contributed by atoms with Crippen molar-refractivity contribution in [2.24, 2.45) is 0 Å². The molecule has 5 heteroatoms. The minimum absolute atomic E-state index is 0.205. The number of hydrogen-bond acceptors (Lipinski definition) is 5. The molecular weight excluding hydrogens is 222 g/mol. The van der Waals surface area contributed by atoms with E-state index in [0.29, 0.717) is 19.0 Å². The normalized spacial score (nSPS) is 13.1. The Morgan fingerprint density at radius 2 is 2.06 bits per heavy atom. The molecule has 0 amide bonds. The van der Waals surface area contributed by atoms with E-state index in [1.807, 2.05) is 25.2 Å². The van der Waals surface area contributed by atoms with E-state index in [4.69, 9.17) is 9.47 Å². The Bertz CT molecular complexity index is 419. The van der Waals surface area contributed by atoms with Crippen molar-refractivity contribution >= 4 is 11.7 Å². The highest BCUT2D eigenvalue weighted by Crippen LogP contribution is 2.33. The highest BCUT2D eigenvalue weighted by molar-refractivity contribution is 5.75. The average Bonchev–Trinajstić information content (AvgIpc) is 2.38. The second-order valence-electron chi connectivity index (χ2n) is 3.76. The Kier molecular flexibility index (Phi) is 3.37. The summed E-state index contributed by atoms with van der Waals surface area (Å²) in [4.78, 5) is 13.0. The maximum absolute atomic E-state index is 11.2. The quantitative estimate of drug-likeness (QED) is 0.736. The van der Waals surface area contributed by atoms with Gasteiger partial charge in [0.15, 0.2) is 11.5 Å². The zero-order valence-corrected chi connectivity index (χ0v) is 9.93. The Balaban J connectivity index is 2.13. The number of nitrogens with zero attached hydrogens (tertiary/aromatic N) is 1. The zero-order valence-electron chi connectivity index (χ0n) is 9.93. The molecule has 0 unspecified atom stereocenters. The van der Waals surface area contributed by atoms with Crippen molar-refractivity contribution in [3.63, 3.8) is 0 Å². The van der Waals surface area contributed by atoms with Gasteiger partial charge in [0.05, 0.1) is 7.11 Å². The molecule has 1 aromatic rings. The van der Waals surface area contributed by atoms with E-state index in [2.05, 4.69) is 4.74 Å². The summed E-state index contributed by atoms with van der Waals surface area (Å²) in [7, 11) is 3.20. The van der Waals surface area contributed by atoms with Crippen molar-refractivity contribution in [3.05, 3.63) is 18.2 Å². The van der Waals surface area contributed by atoms with Crippen molar-refractivity contribution in [2.45, 2.75) is 0 Å². The number of likely N-dealkylation sites (N-methyl/N-ethyl adjacent to an activating group) is 1. The predicted octanol–water partition coefficient (Wildman–Crippen LogP) is 1.07. The van der Waals surface area contributed by atoms with Crippen LogP contribution in [0.1, 0.15) is 0 Å². The number of methoxy groups -OCH3 is 1. The van der Waals surface area contributed by atoms with Crippen molar-refractivity contribution < 1.29 is 19.0 Å². The van der Waals surface area contributed by atoms with Gasteiger partial charge in [-0.1, -0.05) is 0 Å². The number of carbonyl (C=O) groups excluding carboxylic acids is 1. The smallest absolute Gasteiger partial charge is 0.325 e. The fourth-order valence-electron chi connectivity index (χ4n) is 1.62. The van der Waals surface area contributed by atoms with Crippen LogP contribution < -0.4 is 14.4 Å². The van der Waals surface area contributed by atoms with Gasteiger partial charge in [-0.2, -0.15) is 0 Å². The third-order valence-corrected chi connectivity index (χ3v) is 2.56. The molecule has 0 fully saturated rings. The lowest BCUT2D eigenvalue weighted by atomic mass is 10.2. The van der Waals surface area contributed by atoms with Crippen LogP contribution in [-0.2, 0) is 9.53 Å². The lowest BCUT2D eigenvalue weighted by Crippen LogP contribution is -2.26. The van der Waals surface area contributed by atoms with E-state index in [1.165, 1.54) is 7.11 Å². The van der Waals surface area contributed by atoms with E-state index in [1.54, 1.807) is 4.90 Å². The van der Waals surface area contributed by atoms with Gasteiger partial charge < -0.3 is 19.1 Å². The van der Waals surface area contributed by atoms with Gasteiger partial charge in [0, 0.05) is 18.8 Å². The standard InChI is InChI=1S/C12H15NO4/c1-13(8-12(14)15-2)9-3-4-10-11(7-9)17-6-5-16-10/h3-4,7H,5-6,8H2,1-2H3. The lowest BCUT2D eigenvalue weighted by Gasteiger charge is -2.22. The van der Waals surface area contributed by atoms with E-state index in [-0.39, 0.29) is 12.5 Å². The minimum Gasteiger partial charge on any atom is -0.486 e. The predicted molar refractivity (Wildman–Crippen MR) is 62.7 cm³/mol. The summed E-state index contributed by atoms with van der Waals surface area (Å²) in [5.74, 6) is 1.18. The molecule has 92 valence electrons. The number of fused-ring (bicyclic) bond motifs is 1. The Morgan fingerprint density at radius 1 is 1.35 bits per heavy atom. The first kappa shape index (κ1) is 11.6. The van der Waals surface area contributed by atoms with Gasteiger partial charge in [-0.05, 0) is 12.1 Å². The molecule has 2 rings (SSSR count). The first-order valence-corrected chi connectivity index (χ1v) is 5.38. The Hall–Kier alpha value is -1.91. The first-order valence-electron chi connectivity index (χ1n) is 5.38. The second kappa shape index (κ2) is 4.95. The van der Waals surface area contributed by atoms with Crippen LogP contribution in [-0.4, -0.2) is 39.9 Å². The SMILES string of the molecule is COC(=O)CN(C)c1ccc2c(c1)OCCO2. The topological polar surface area (TPSA) is 48.0 Å². The molecule has 0 bridgehead atoms. The summed E-state index contributed by atoms with van der Waals surface area (Å²) in [5, 5.41) is 0. The van der Waals surface area contributed by atoms with Crippen LogP contribution in [0.2, 0.25) is 0 Å². The molecule has 0 saturated carbocycles. The van der Waals surface area contributed by atoms with Gasteiger partial charge in [0.25, 0.3) is 0 Å². The van der Waals surface area contributed by atoms with Crippen molar-refractivity contribution in [1.29, 1.82) is 0 Å². The molecule has 0 N–H and O–H groups in total. The van der Waals surface area contributed by atoms with Gasteiger partial charge >= 0.3 is 5.97 Å². The van der Waals surface area contributed by atoms with E-state index in [9.17, 15) is 4.79 Å². The molecular formula is C12H15NO4. The van der Waals surface area contributed by atoms with Gasteiger partial charge in [-0.3, -0.25) is 4.79 Å². The van der Waals surface area contributed by atoms with Gasteiger partial charge in [0.1, 0.15) is 19.8 Å².